The third-order valence-corrected chi connectivity index (χ3v) is 12.1. The molecule has 3 aromatic rings. The fourth-order valence-electron chi connectivity index (χ4n) is 4.97. The largest absolute Gasteiger partial charge is 0.388 e. The van der Waals surface area contributed by atoms with Gasteiger partial charge >= 0.3 is 0 Å². The summed E-state index contributed by atoms with van der Waals surface area (Å²) in [5, 5.41) is 8.62. The number of benzene rings is 2. The molecule has 0 bridgehead atoms. The van der Waals surface area contributed by atoms with Crippen molar-refractivity contribution in [3.63, 3.8) is 0 Å². The molecule has 1 amide bonds. The van der Waals surface area contributed by atoms with Crippen LogP contribution in [0.4, 0.5) is 5.13 Å². The van der Waals surface area contributed by atoms with Gasteiger partial charge < -0.3 is 14.6 Å². The Hall–Kier alpha value is -2.48. The van der Waals surface area contributed by atoms with Crippen LogP contribution in [-0.4, -0.2) is 38.5 Å². The molecule has 186 valence electrons. The van der Waals surface area contributed by atoms with Crippen LogP contribution in [0.2, 0.25) is 6.04 Å². The van der Waals surface area contributed by atoms with Crippen LogP contribution in [0.5, 0.6) is 0 Å². The highest BCUT2D eigenvalue weighted by Crippen LogP contribution is 2.32. The van der Waals surface area contributed by atoms with Gasteiger partial charge in [0.25, 0.3) is 8.32 Å². The molecule has 1 N–H and O–H groups in total. The maximum absolute atomic E-state index is 9.85. The molecule has 5 rings (SSSR count). The molecule has 1 saturated carbocycles. The Labute approximate surface area is 214 Å². The summed E-state index contributed by atoms with van der Waals surface area (Å²) in [5.41, 5.74) is 0. The van der Waals surface area contributed by atoms with Crippen LogP contribution >= 0.6 is 11.3 Å². The van der Waals surface area contributed by atoms with Gasteiger partial charge in [-0.25, -0.2) is 4.98 Å². The van der Waals surface area contributed by atoms with Crippen LogP contribution < -0.4 is 20.6 Å². The Morgan fingerprint density at radius 2 is 1.71 bits per heavy atom. The monoisotopic (exact) mass is 507 g/mol. The number of nitrogens with one attached hydrogen (secondary N) is 1. The van der Waals surface area contributed by atoms with E-state index in [1.54, 1.807) is 11.3 Å². The van der Waals surface area contributed by atoms with Crippen LogP contribution in [0.3, 0.4) is 0 Å². The van der Waals surface area contributed by atoms with Gasteiger partial charge in [-0.2, -0.15) is 0 Å². The maximum atomic E-state index is 9.85. The number of aromatic nitrogens is 1. The number of rotatable bonds is 10. The Morgan fingerprint density at radius 1 is 1.06 bits per heavy atom. The number of unbranched alkanes of at least 4 members (excludes halogenated alkanes) is 1. The second kappa shape index (κ2) is 13.0. The molecule has 2 fully saturated rings. The number of hydrogen-bond donors (Lipinski definition) is 1. The van der Waals surface area contributed by atoms with Gasteiger partial charge in [-0.05, 0) is 29.3 Å². The standard InChI is InChI=1S/C22H26N2OSSi.C6H11NO/c1-2-3-18-27(19-10-6-4-7-11-19,20-12-8-5-9-13-20)25-21-14-16-24(21)22-23-15-17-26-22;8-5-7-6-3-1-2-4-6/h4-13,15,17,21H,2-3,14,16,18H2,1H3;5-6H,1-4H2,(H,7,8). The third-order valence-electron chi connectivity index (χ3n) is 6.99. The Bertz CT molecular complexity index is 958. The summed E-state index contributed by atoms with van der Waals surface area (Å²) in [4.78, 5) is 16.7. The number of hydrogen-bond acceptors (Lipinski definition) is 5. The zero-order chi connectivity index (χ0) is 24.3. The summed E-state index contributed by atoms with van der Waals surface area (Å²) >= 11 is 1.70. The second-order valence-electron chi connectivity index (χ2n) is 9.30. The minimum Gasteiger partial charge on any atom is -0.388 e. The van der Waals surface area contributed by atoms with Crippen molar-refractivity contribution in [2.45, 2.75) is 70.2 Å². The summed E-state index contributed by atoms with van der Waals surface area (Å²) in [6, 6.07) is 23.4. The van der Waals surface area contributed by atoms with Gasteiger partial charge in [0.2, 0.25) is 6.41 Å². The third kappa shape index (κ3) is 6.40. The molecule has 1 aliphatic heterocycles. The van der Waals surface area contributed by atoms with Gasteiger partial charge in [-0.1, -0.05) is 93.3 Å². The highest BCUT2D eigenvalue weighted by atomic mass is 32.1. The Balaban J connectivity index is 0.000000308. The summed E-state index contributed by atoms with van der Waals surface area (Å²) in [6.45, 7) is 3.29. The summed E-state index contributed by atoms with van der Waals surface area (Å²) in [6.07, 6.45) is 11.2. The molecule has 35 heavy (non-hydrogen) atoms. The lowest BCUT2D eigenvalue weighted by molar-refractivity contribution is -0.110. The number of carbonyl (C=O) groups excluding carboxylic acids is 1. The molecule has 1 saturated heterocycles. The number of anilines is 1. The van der Waals surface area contributed by atoms with Crippen molar-refractivity contribution in [1.29, 1.82) is 0 Å². The molecule has 1 unspecified atom stereocenters. The number of nitrogens with zero attached hydrogens (tertiary/aromatic N) is 2. The van der Waals surface area contributed by atoms with Crippen molar-refractivity contribution in [1.82, 2.24) is 10.3 Å². The highest BCUT2D eigenvalue weighted by Gasteiger charge is 2.44. The van der Waals surface area contributed by atoms with Crippen LogP contribution in [0, 0.1) is 0 Å². The molecule has 1 aromatic heterocycles. The molecule has 0 spiro atoms. The normalized spacial score (nSPS) is 17.9. The molecule has 2 aromatic carbocycles. The molecule has 2 aliphatic rings. The summed E-state index contributed by atoms with van der Waals surface area (Å²) < 4.78 is 7.12. The van der Waals surface area contributed by atoms with E-state index in [2.05, 4.69) is 82.8 Å². The van der Waals surface area contributed by atoms with E-state index in [1.807, 2.05) is 11.6 Å². The smallest absolute Gasteiger partial charge is 0.258 e. The maximum Gasteiger partial charge on any atom is 0.258 e. The minimum atomic E-state index is -2.32. The lowest BCUT2D eigenvalue weighted by Crippen LogP contribution is -2.66. The zero-order valence-electron chi connectivity index (χ0n) is 20.6. The van der Waals surface area contributed by atoms with Crippen molar-refractivity contribution in [3.05, 3.63) is 72.2 Å². The number of thiazole rings is 1. The van der Waals surface area contributed by atoms with E-state index in [-0.39, 0.29) is 6.23 Å². The fourth-order valence-corrected chi connectivity index (χ4v) is 10.0. The quantitative estimate of drug-likeness (QED) is 0.312. The van der Waals surface area contributed by atoms with E-state index in [1.165, 1.54) is 48.9 Å². The van der Waals surface area contributed by atoms with Crippen molar-refractivity contribution >= 4 is 41.6 Å². The molecule has 2 heterocycles. The predicted octanol–water partition coefficient (Wildman–Crippen LogP) is 4.93. The zero-order valence-corrected chi connectivity index (χ0v) is 22.5. The molecule has 7 heteroatoms. The van der Waals surface area contributed by atoms with Crippen LogP contribution in [0.25, 0.3) is 0 Å². The SMILES string of the molecule is CCCC[Si](OC1CCN1c1nccs1)(c1ccccc1)c1ccccc1.O=CNC1CCCC1. The van der Waals surface area contributed by atoms with Crippen molar-refractivity contribution in [3.8, 4) is 0 Å². The Kier molecular flexibility index (Phi) is 9.51. The molecule has 5 nitrogen and oxygen atoms in total. The molecular formula is C28H37N3O2SSi. The average Bonchev–Trinajstić information content (AvgIpc) is 3.61. The van der Waals surface area contributed by atoms with Crippen LogP contribution in [0.15, 0.2) is 72.2 Å². The lowest BCUT2D eigenvalue weighted by Gasteiger charge is -2.46. The molecule has 0 radical (unpaired) electrons. The second-order valence-corrected chi connectivity index (χ2v) is 13.7. The van der Waals surface area contributed by atoms with Gasteiger partial charge in [0, 0.05) is 30.6 Å². The predicted molar refractivity (Wildman–Crippen MR) is 148 cm³/mol. The fraction of sp³-hybridized carbons (Fsp3) is 0.429. The van der Waals surface area contributed by atoms with Gasteiger partial charge in [0.1, 0.15) is 6.23 Å². The van der Waals surface area contributed by atoms with Crippen molar-refractivity contribution in [2.75, 3.05) is 11.4 Å². The van der Waals surface area contributed by atoms with Crippen LogP contribution in [0.1, 0.15) is 51.9 Å². The van der Waals surface area contributed by atoms with E-state index in [0.717, 1.165) is 30.6 Å². The lowest BCUT2D eigenvalue weighted by atomic mass is 10.2. The average molecular weight is 508 g/mol. The van der Waals surface area contributed by atoms with E-state index in [4.69, 9.17) is 4.43 Å². The van der Waals surface area contributed by atoms with Crippen molar-refractivity contribution < 1.29 is 9.22 Å². The highest BCUT2D eigenvalue weighted by molar-refractivity contribution is 7.13. The van der Waals surface area contributed by atoms with Gasteiger partial charge in [-0.3, -0.25) is 4.79 Å². The van der Waals surface area contributed by atoms with Gasteiger partial charge in [-0.15, -0.1) is 11.3 Å². The molecule has 1 atom stereocenters. The number of amides is 1. The van der Waals surface area contributed by atoms with Crippen molar-refractivity contribution in [2.24, 2.45) is 0 Å². The topological polar surface area (TPSA) is 54.5 Å². The van der Waals surface area contributed by atoms with E-state index < -0.39 is 8.32 Å². The first-order valence-corrected chi connectivity index (χ1v) is 15.9. The minimum absolute atomic E-state index is 0.125. The van der Waals surface area contributed by atoms with E-state index in [9.17, 15) is 4.79 Å². The first-order valence-electron chi connectivity index (χ1n) is 12.9. The number of carbonyl (C=O) groups is 1. The van der Waals surface area contributed by atoms with E-state index in [0.29, 0.717) is 6.04 Å². The van der Waals surface area contributed by atoms with Gasteiger partial charge in [0.15, 0.2) is 5.13 Å². The molecular weight excluding hydrogens is 470 g/mol. The molecule has 1 aliphatic carbocycles. The van der Waals surface area contributed by atoms with Gasteiger partial charge in [0.05, 0.1) is 0 Å². The summed E-state index contributed by atoms with van der Waals surface area (Å²) in [7, 11) is -2.32. The Morgan fingerprint density at radius 3 is 2.20 bits per heavy atom. The van der Waals surface area contributed by atoms with E-state index >= 15 is 0 Å². The summed E-state index contributed by atoms with van der Waals surface area (Å²) in [5.74, 6) is 0. The first-order chi connectivity index (χ1) is 17.3. The first kappa shape index (κ1) is 25.6. The van der Waals surface area contributed by atoms with Crippen LogP contribution in [-0.2, 0) is 9.22 Å².